The molecule has 2 aromatic rings. The average Bonchev–Trinajstić information content (AvgIpc) is 3.28. The highest BCUT2D eigenvalue weighted by Gasteiger charge is 2.24. The molecular formula is C26H35N3OS. The second-order valence-corrected chi connectivity index (χ2v) is 9.18. The molecule has 1 N–H and O–H groups in total. The van der Waals surface area contributed by atoms with Crippen LogP contribution in [0.5, 0.6) is 0 Å². The number of aromatic nitrogens is 1. The quantitative estimate of drug-likeness (QED) is 0.470. The summed E-state index contributed by atoms with van der Waals surface area (Å²) in [5.41, 5.74) is 4.63. The van der Waals surface area contributed by atoms with E-state index in [1.807, 2.05) is 37.4 Å². The smallest absolute Gasteiger partial charge is 0.275 e. The first-order chi connectivity index (χ1) is 15.0. The van der Waals surface area contributed by atoms with Crippen molar-refractivity contribution in [2.45, 2.75) is 59.3 Å². The molecule has 1 aliphatic rings. The molecule has 0 saturated carbocycles. The number of allylic oxidation sites excluding steroid dienone is 4. The number of hydrogen-bond donors (Lipinski definition) is 1. The third-order valence-corrected chi connectivity index (χ3v) is 6.92. The molecule has 1 saturated heterocycles. The van der Waals surface area contributed by atoms with E-state index >= 15 is 0 Å². The zero-order chi connectivity index (χ0) is 22.2. The number of unbranched alkanes of at least 4 members (excludes halogenated alkanes) is 1. The standard InChI is InChI=1S/C26H35N3OS/c1-5-8-14-29-15-12-21(13-16-29)26-28-24(18-31-26)25(30)27-23-11-10-19(4)17-22(23)20(7-3)9-6-2/h6-7,9-11,17-18,21H,5,8,12-16H2,1-4H3,(H,27,30)/b9-6-,20-7+. The van der Waals surface area contributed by atoms with E-state index in [0.717, 1.165) is 53.3 Å². The molecule has 0 radical (unpaired) electrons. The maximum atomic E-state index is 13.0. The summed E-state index contributed by atoms with van der Waals surface area (Å²) in [7, 11) is 0. The maximum Gasteiger partial charge on any atom is 0.275 e. The van der Waals surface area contributed by atoms with Gasteiger partial charge in [-0.25, -0.2) is 4.98 Å². The van der Waals surface area contributed by atoms with Crippen molar-refractivity contribution in [3.8, 4) is 0 Å². The summed E-state index contributed by atoms with van der Waals surface area (Å²) in [6, 6.07) is 6.12. The molecule has 0 atom stereocenters. The Bertz CT molecular complexity index is 936. The summed E-state index contributed by atoms with van der Waals surface area (Å²) in [4.78, 5) is 20.3. The van der Waals surface area contributed by atoms with Crippen LogP contribution >= 0.6 is 11.3 Å². The number of carbonyl (C=O) groups is 1. The Morgan fingerprint density at radius 3 is 2.74 bits per heavy atom. The molecule has 1 aromatic carbocycles. The average molecular weight is 438 g/mol. The Morgan fingerprint density at radius 1 is 1.29 bits per heavy atom. The molecule has 31 heavy (non-hydrogen) atoms. The number of thiazole rings is 1. The number of aryl methyl sites for hydroxylation is 1. The van der Waals surface area contributed by atoms with Gasteiger partial charge < -0.3 is 10.2 Å². The number of amides is 1. The Labute approximate surface area is 191 Å². The van der Waals surface area contributed by atoms with E-state index in [-0.39, 0.29) is 5.91 Å². The van der Waals surface area contributed by atoms with E-state index in [2.05, 4.69) is 42.3 Å². The van der Waals surface area contributed by atoms with E-state index in [9.17, 15) is 4.79 Å². The van der Waals surface area contributed by atoms with Crippen molar-refractivity contribution >= 4 is 28.5 Å². The number of carbonyl (C=O) groups excluding carboxylic acids is 1. The van der Waals surface area contributed by atoms with Gasteiger partial charge in [0.2, 0.25) is 0 Å². The van der Waals surface area contributed by atoms with Gasteiger partial charge in [0.1, 0.15) is 5.69 Å². The van der Waals surface area contributed by atoms with Crippen molar-refractivity contribution in [1.82, 2.24) is 9.88 Å². The van der Waals surface area contributed by atoms with Gasteiger partial charge in [-0.2, -0.15) is 0 Å². The molecule has 5 heteroatoms. The predicted molar refractivity (Wildman–Crippen MR) is 133 cm³/mol. The van der Waals surface area contributed by atoms with Crippen LogP contribution in [0.15, 0.2) is 41.8 Å². The van der Waals surface area contributed by atoms with Crippen LogP contribution in [0.4, 0.5) is 5.69 Å². The van der Waals surface area contributed by atoms with Gasteiger partial charge in [0.25, 0.3) is 5.91 Å². The first-order valence-corrected chi connectivity index (χ1v) is 12.3. The van der Waals surface area contributed by atoms with Crippen LogP contribution in [-0.2, 0) is 0 Å². The first kappa shape index (κ1) is 23.4. The summed E-state index contributed by atoms with van der Waals surface area (Å²) in [5, 5.41) is 6.11. The van der Waals surface area contributed by atoms with E-state index in [0.29, 0.717) is 11.6 Å². The minimum atomic E-state index is -0.135. The van der Waals surface area contributed by atoms with E-state index in [4.69, 9.17) is 4.98 Å². The molecule has 166 valence electrons. The summed E-state index contributed by atoms with van der Waals surface area (Å²) in [5.74, 6) is 0.340. The Kier molecular flexibility index (Phi) is 8.61. The molecule has 0 spiro atoms. The fraction of sp³-hybridized carbons (Fsp3) is 0.462. The number of nitrogens with one attached hydrogen (secondary N) is 1. The van der Waals surface area contributed by atoms with Gasteiger partial charge in [0.05, 0.1) is 5.01 Å². The lowest BCUT2D eigenvalue weighted by Gasteiger charge is -2.30. The Morgan fingerprint density at radius 2 is 2.06 bits per heavy atom. The predicted octanol–water partition coefficient (Wildman–Crippen LogP) is 6.66. The number of piperidine rings is 1. The zero-order valence-electron chi connectivity index (χ0n) is 19.3. The first-order valence-electron chi connectivity index (χ1n) is 11.4. The molecule has 1 aliphatic heterocycles. The van der Waals surface area contributed by atoms with E-state index in [1.165, 1.54) is 19.4 Å². The second kappa shape index (κ2) is 11.4. The Hall–Kier alpha value is -2.24. The third-order valence-electron chi connectivity index (χ3n) is 5.91. The van der Waals surface area contributed by atoms with Gasteiger partial charge in [-0.15, -0.1) is 11.3 Å². The van der Waals surface area contributed by atoms with Crippen molar-refractivity contribution in [3.05, 3.63) is 63.6 Å². The van der Waals surface area contributed by atoms with Crippen LogP contribution in [0, 0.1) is 6.92 Å². The van der Waals surface area contributed by atoms with Crippen LogP contribution in [0.2, 0.25) is 0 Å². The SMILES string of the molecule is C/C=C\C(=C/C)c1cc(C)ccc1NC(=O)c1csc(C2CCN(CCCC)CC2)n1. The minimum Gasteiger partial charge on any atom is -0.320 e. The highest BCUT2D eigenvalue weighted by molar-refractivity contribution is 7.10. The lowest BCUT2D eigenvalue weighted by atomic mass is 9.97. The number of hydrogen-bond acceptors (Lipinski definition) is 4. The Balaban J connectivity index is 1.69. The minimum absolute atomic E-state index is 0.135. The monoisotopic (exact) mass is 437 g/mol. The van der Waals surface area contributed by atoms with Crippen molar-refractivity contribution in [3.63, 3.8) is 0 Å². The fourth-order valence-electron chi connectivity index (χ4n) is 4.08. The largest absolute Gasteiger partial charge is 0.320 e. The lowest BCUT2D eigenvalue weighted by molar-refractivity contribution is 0.102. The highest BCUT2D eigenvalue weighted by atomic mass is 32.1. The molecule has 0 unspecified atom stereocenters. The third kappa shape index (κ3) is 6.14. The van der Waals surface area contributed by atoms with Gasteiger partial charge in [-0.05, 0) is 77.4 Å². The zero-order valence-corrected chi connectivity index (χ0v) is 20.1. The number of nitrogens with zero attached hydrogens (tertiary/aromatic N) is 2. The van der Waals surface area contributed by atoms with E-state index < -0.39 is 0 Å². The number of rotatable bonds is 8. The van der Waals surface area contributed by atoms with Gasteiger partial charge in [-0.1, -0.05) is 43.2 Å². The molecule has 1 fully saturated rings. The second-order valence-electron chi connectivity index (χ2n) is 8.29. The summed E-state index contributed by atoms with van der Waals surface area (Å²) in [6.45, 7) is 11.8. The van der Waals surface area contributed by atoms with E-state index in [1.54, 1.807) is 11.3 Å². The van der Waals surface area contributed by atoms with Crippen molar-refractivity contribution in [2.75, 3.05) is 25.0 Å². The van der Waals surface area contributed by atoms with Crippen LogP contribution in [0.3, 0.4) is 0 Å². The van der Waals surface area contributed by atoms with Crippen molar-refractivity contribution in [1.29, 1.82) is 0 Å². The van der Waals surface area contributed by atoms with Crippen molar-refractivity contribution in [2.24, 2.45) is 0 Å². The van der Waals surface area contributed by atoms with Crippen LogP contribution in [0.1, 0.15) is 79.0 Å². The van der Waals surface area contributed by atoms with Gasteiger partial charge in [0.15, 0.2) is 0 Å². The van der Waals surface area contributed by atoms with Crippen LogP contribution < -0.4 is 5.32 Å². The maximum absolute atomic E-state index is 13.0. The van der Waals surface area contributed by atoms with Crippen molar-refractivity contribution < 1.29 is 4.79 Å². The molecular weight excluding hydrogens is 402 g/mol. The van der Waals surface area contributed by atoms with Crippen LogP contribution in [-0.4, -0.2) is 35.4 Å². The summed E-state index contributed by atoms with van der Waals surface area (Å²) in [6.07, 6.45) is 10.9. The number of anilines is 1. The number of benzene rings is 1. The normalized spacial score (nSPS) is 16.2. The molecule has 1 amide bonds. The lowest BCUT2D eigenvalue weighted by Crippen LogP contribution is -2.33. The summed E-state index contributed by atoms with van der Waals surface area (Å²) < 4.78 is 0. The summed E-state index contributed by atoms with van der Waals surface area (Å²) >= 11 is 1.63. The van der Waals surface area contributed by atoms with Gasteiger partial charge >= 0.3 is 0 Å². The molecule has 0 bridgehead atoms. The highest BCUT2D eigenvalue weighted by Crippen LogP contribution is 2.31. The molecule has 2 heterocycles. The molecule has 0 aliphatic carbocycles. The molecule has 3 rings (SSSR count). The molecule has 1 aromatic heterocycles. The van der Waals surface area contributed by atoms with Gasteiger partial charge in [0, 0.05) is 22.5 Å². The number of likely N-dealkylation sites (tertiary alicyclic amines) is 1. The topological polar surface area (TPSA) is 45.2 Å². The molecule has 4 nitrogen and oxygen atoms in total. The van der Waals surface area contributed by atoms with Crippen LogP contribution in [0.25, 0.3) is 5.57 Å². The van der Waals surface area contributed by atoms with Gasteiger partial charge in [-0.3, -0.25) is 4.79 Å². The fourth-order valence-corrected chi connectivity index (χ4v) is 5.05.